The van der Waals surface area contributed by atoms with Gasteiger partial charge in [0.2, 0.25) is 0 Å². The van der Waals surface area contributed by atoms with Gasteiger partial charge in [0.1, 0.15) is 5.75 Å². The van der Waals surface area contributed by atoms with Crippen LogP contribution in [-0.4, -0.2) is 14.2 Å². The first-order chi connectivity index (χ1) is 8.74. The molecule has 0 aromatic heterocycles. The molecule has 0 saturated carbocycles. The third kappa shape index (κ3) is 2.71. The number of ether oxygens (including phenoxy) is 1. The van der Waals surface area contributed by atoms with Crippen molar-refractivity contribution in [2.24, 2.45) is 0 Å². The van der Waals surface area contributed by atoms with Gasteiger partial charge in [-0.25, -0.2) is 0 Å². The van der Waals surface area contributed by atoms with Crippen molar-refractivity contribution in [1.29, 1.82) is 0 Å². The van der Waals surface area contributed by atoms with Gasteiger partial charge in [0, 0.05) is 0 Å². The van der Waals surface area contributed by atoms with E-state index in [1.807, 2.05) is 19.2 Å². The lowest BCUT2D eigenvalue weighted by Gasteiger charge is -2.18. The second-order valence-corrected chi connectivity index (χ2v) is 4.41. The maximum Gasteiger partial charge on any atom is 0.119 e. The highest BCUT2D eigenvalue weighted by atomic mass is 16.5. The van der Waals surface area contributed by atoms with Crippen LogP contribution < -0.4 is 10.1 Å². The molecule has 0 fully saturated rings. The highest BCUT2D eigenvalue weighted by molar-refractivity contribution is 5.37. The van der Waals surface area contributed by atoms with Gasteiger partial charge in [-0.1, -0.05) is 42.0 Å². The number of rotatable bonds is 4. The van der Waals surface area contributed by atoms with E-state index in [4.69, 9.17) is 4.74 Å². The van der Waals surface area contributed by atoms with Crippen LogP contribution >= 0.6 is 0 Å². The number of methoxy groups -OCH3 is 1. The van der Waals surface area contributed by atoms with Gasteiger partial charge in [0.15, 0.2) is 0 Å². The van der Waals surface area contributed by atoms with Crippen LogP contribution in [0.25, 0.3) is 0 Å². The number of nitrogens with one attached hydrogen (secondary N) is 1. The molecule has 2 nitrogen and oxygen atoms in total. The summed E-state index contributed by atoms with van der Waals surface area (Å²) in [6.45, 7) is 2.11. The van der Waals surface area contributed by atoms with Crippen molar-refractivity contribution >= 4 is 0 Å². The van der Waals surface area contributed by atoms with E-state index in [1.54, 1.807) is 7.11 Å². The average molecular weight is 241 g/mol. The number of aryl methyl sites for hydroxylation is 1. The molecule has 2 aromatic carbocycles. The molecule has 2 rings (SSSR count). The van der Waals surface area contributed by atoms with E-state index >= 15 is 0 Å². The van der Waals surface area contributed by atoms with Crippen LogP contribution in [0.15, 0.2) is 48.5 Å². The highest BCUT2D eigenvalue weighted by Crippen LogP contribution is 2.25. The first kappa shape index (κ1) is 12.7. The molecular formula is C16H19NO. The van der Waals surface area contributed by atoms with Crippen LogP contribution in [0.2, 0.25) is 0 Å². The zero-order valence-electron chi connectivity index (χ0n) is 11.1. The Balaban J connectivity index is 2.38. The van der Waals surface area contributed by atoms with Crippen molar-refractivity contribution in [3.05, 3.63) is 65.2 Å². The van der Waals surface area contributed by atoms with E-state index in [-0.39, 0.29) is 6.04 Å². The highest BCUT2D eigenvalue weighted by Gasteiger charge is 2.12. The molecule has 0 aliphatic rings. The van der Waals surface area contributed by atoms with Gasteiger partial charge < -0.3 is 10.1 Å². The summed E-state index contributed by atoms with van der Waals surface area (Å²) in [6, 6.07) is 16.9. The summed E-state index contributed by atoms with van der Waals surface area (Å²) in [6.07, 6.45) is 0. The fraction of sp³-hybridized carbons (Fsp3) is 0.250. The van der Waals surface area contributed by atoms with Crippen molar-refractivity contribution < 1.29 is 4.74 Å². The maximum atomic E-state index is 5.28. The fourth-order valence-corrected chi connectivity index (χ4v) is 2.20. The van der Waals surface area contributed by atoms with Crippen molar-refractivity contribution in [3.8, 4) is 5.75 Å². The van der Waals surface area contributed by atoms with Gasteiger partial charge in [-0.3, -0.25) is 0 Å². The minimum atomic E-state index is 0.194. The van der Waals surface area contributed by atoms with Crippen molar-refractivity contribution in [2.45, 2.75) is 13.0 Å². The monoisotopic (exact) mass is 241 g/mol. The fourth-order valence-electron chi connectivity index (χ4n) is 2.20. The summed E-state index contributed by atoms with van der Waals surface area (Å²) < 4.78 is 5.28. The number of benzene rings is 2. The SMILES string of the molecule is CNC(c1cccc(C)c1)c1cccc(OC)c1. The largest absolute Gasteiger partial charge is 0.497 e. The first-order valence-electron chi connectivity index (χ1n) is 6.12. The van der Waals surface area contributed by atoms with E-state index in [0.29, 0.717) is 0 Å². The Bertz CT molecular complexity index is 522. The Morgan fingerprint density at radius 1 is 1.00 bits per heavy atom. The second kappa shape index (κ2) is 5.69. The predicted molar refractivity (Wildman–Crippen MR) is 75.1 cm³/mol. The van der Waals surface area contributed by atoms with Gasteiger partial charge in [-0.2, -0.15) is 0 Å². The van der Waals surface area contributed by atoms with Crippen LogP contribution in [-0.2, 0) is 0 Å². The Labute approximate surface area is 109 Å². The molecule has 0 heterocycles. The zero-order valence-corrected chi connectivity index (χ0v) is 11.1. The standard InChI is InChI=1S/C16H19NO/c1-12-6-4-7-13(10-12)16(17-2)14-8-5-9-15(11-14)18-3/h4-11,16-17H,1-3H3. The minimum absolute atomic E-state index is 0.194. The second-order valence-electron chi connectivity index (χ2n) is 4.41. The van der Waals surface area contributed by atoms with Crippen molar-refractivity contribution in [3.63, 3.8) is 0 Å². The summed E-state index contributed by atoms with van der Waals surface area (Å²) in [4.78, 5) is 0. The van der Waals surface area contributed by atoms with Gasteiger partial charge in [-0.15, -0.1) is 0 Å². The van der Waals surface area contributed by atoms with Crippen molar-refractivity contribution in [2.75, 3.05) is 14.2 Å². The summed E-state index contributed by atoms with van der Waals surface area (Å²) >= 11 is 0. The third-order valence-corrected chi connectivity index (χ3v) is 3.09. The van der Waals surface area contributed by atoms with Gasteiger partial charge in [-0.05, 0) is 37.2 Å². The Kier molecular flexibility index (Phi) is 4.00. The van der Waals surface area contributed by atoms with Crippen LogP contribution in [0, 0.1) is 6.92 Å². The Morgan fingerprint density at radius 2 is 1.67 bits per heavy atom. The van der Waals surface area contributed by atoms with E-state index in [2.05, 4.69) is 48.6 Å². The molecule has 0 aliphatic heterocycles. The summed E-state index contributed by atoms with van der Waals surface area (Å²) in [5.41, 5.74) is 3.75. The predicted octanol–water partition coefficient (Wildman–Crippen LogP) is 3.31. The molecule has 94 valence electrons. The molecule has 0 amide bonds. The van der Waals surface area contributed by atoms with Crippen LogP contribution in [0.5, 0.6) is 5.75 Å². The molecule has 0 radical (unpaired) electrons. The molecule has 18 heavy (non-hydrogen) atoms. The van der Waals surface area contributed by atoms with E-state index in [0.717, 1.165) is 5.75 Å². The number of hydrogen-bond acceptors (Lipinski definition) is 2. The van der Waals surface area contributed by atoms with E-state index in [9.17, 15) is 0 Å². The number of hydrogen-bond donors (Lipinski definition) is 1. The molecule has 2 heteroatoms. The summed E-state index contributed by atoms with van der Waals surface area (Å²) in [7, 11) is 3.67. The lowest BCUT2D eigenvalue weighted by atomic mass is 9.97. The molecule has 0 saturated heterocycles. The lowest BCUT2D eigenvalue weighted by Crippen LogP contribution is -2.17. The molecule has 2 aromatic rings. The lowest BCUT2D eigenvalue weighted by molar-refractivity contribution is 0.414. The average Bonchev–Trinajstić information content (AvgIpc) is 2.40. The van der Waals surface area contributed by atoms with Crippen LogP contribution in [0.1, 0.15) is 22.7 Å². The zero-order chi connectivity index (χ0) is 13.0. The Hall–Kier alpha value is -1.80. The van der Waals surface area contributed by atoms with Crippen molar-refractivity contribution in [1.82, 2.24) is 5.32 Å². The summed E-state index contributed by atoms with van der Waals surface area (Å²) in [5.74, 6) is 0.889. The molecule has 0 bridgehead atoms. The minimum Gasteiger partial charge on any atom is -0.497 e. The molecule has 1 N–H and O–H groups in total. The first-order valence-corrected chi connectivity index (χ1v) is 6.12. The Morgan fingerprint density at radius 3 is 2.28 bits per heavy atom. The van der Waals surface area contributed by atoms with Gasteiger partial charge in [0.25, 0.3) is 0 Å². The maximum absolute atomic E-state index is 5.28. The molecule has 1 unspecified atom stereocenters. The molecular weight excluding hydrogens is 222 g/mol. The molecule has 0 spiro atoms. The van der Waals surface area contributed by atoms with Gasteiger partial charge in [0.05, 0.1) is 13.2 Å². The molecule has 1 atom stereocenters. The van der Waals surface area contributed by atoms with E-state index < -0.39 is 0 Å². The van der Waals surface area contributed by atoms with E-state index in [1.165, 1.54) is 16.7 Å². The van der Waals surface area contributed by atoms with Crippen LogP contribution in [0.4, 0.5) is 0 Å². The quantitative estimate of drug-likeness (QED) is 0.886. The third-order valence-electron chi connectivity index (χ3n) is 3.09. The van der Waals surface area contributed by atoms with Gasteiger partial charge >= 0.3 is 0 Å². The topological polar surface area (TPSA) is 21.3 Å². The normalized spacial score (nSPS) is 12.2. The molecule has 0 aliphatic carbocycles. The summed E-state index contributed by atoms with van der Waals surface area (Å²) in [5, 5.41) is 3.36. The van der Waals surface area contributed by atoms with Crippen LogP contribution in [0.3, 0.4) is 0 Å². The smallest absolute Gasteiger partial charge is 0.119 e.